The number of hydrogen-bond acceptors (Lipinski definition) is 10. The Kier molecular flexibility index (Phi) is 9.22. The first kappa shape index (κ1) is 33.6. The number of rotatable bonds is 9. The zero-order chi connectivity index (χ0) is 34.9. The number of aromatic nitrogens is 5. The van der Waals surface area contributed by atoms with E-state index in [1.165, 1.54) is 25.2 Å². The number of pyridine rings is 1. The number of aryl methyl sites for hydroxylation is 2. The molecule has 0 atom stereocenters. The first-order chi connectivity index (χ1) is 22.7. The van der Waals surface area contributed by atoms with Crippen molar-refractivity contribution in [2.24, 2.45) is 7.05 Å². The molecule has 1 amide bonds. The van der Waals surface area contributed by atoms with Gasteiger partial charge in [-0.25, -0.2) is 18.6 Å². The largest absolute Gasteiger partial charge is 0.491 e. The number of imidazole rings is 1. The molecule has 13 nitrogen and oxygen atoms in total. The van der Waals surface area contributed by atoms with E-state index in [2.05, 4.69) is 30.3 Å². The Morgan fingerprint density at radius 1 is 1.00 bits per heavy atom. The van der Waals surface area contributed by atoms with Crippen LogP contribution in [0, 0.1) is 18.6 Å². The fourth-order valence-corrected chi connectivity index (χ4v) is 4.58. The zero-order valence-corrected chi connectivity index (χ0v) is 24.8. The van der Waals surface area contributed by atoms with E-state index in [9.17, 15) is 46.5 Å². The minimum Gasteiger partial charge on any atom is -0.394 e. The van der Waals surface area contributed by atoms with Crippen molar-refractivity contribution in [2.45, 2.75) is 19.1 Å². The molecule has 5 rings (SSSR count). The Morgan fingerprint density at radius 3 is 2.33 bits per heavy atom. The second kappa shape index (κ2) is 13.2. The van der Waals surface area contributed by atoms with Crippen molar-refractivity contribution in [1.82, 2.24) is 24.1 Å². The summed E-state index contributed by atoms with van der Waals surface area (Å²) in [5.41, 5.74) is -1.04. The molecule has 250 valence electrons. The molecule has 3 aromatic heterocycles. The number of carbonyl (C=O) groups is 2. The molecule has 48 heavy (non-hydrogen) atoms. The number of para-hydroxylation sites is 1. The van der Waals surface area contributed by atoms with Crippen LogP contribution < -0.4 is 20.9 Å². The number of nitrogens with one attached hydrogen (secondary N) is 2. The minimum atomic E-state index is -5.29. The highest BCUT2D eigenvalue weighted by Gasteiger charge is 2.42. The topological polar surface area (TPSA) is 173 Å². The number of esters is 1. The van der Waals surface area contributed by atoms with Gasteiger partial charge in [-0.15, -0.1) is 0 Å². The van der Waals surface area contributed by atoms with Crippen LogP contribution in [-0.4, -0.2) is 71.6 Å². The third-order valence-electron chi connectivity index (χ3n) is 6.92. The van der Waals surface area contributed by atoms with Gasteiger partial charge in [-0.3, -0.25) is 14.2 Å². The molecule has 0 radical (unpaired) electrons. The molecule has 0 aliphatic heterocycles. The average Bonchev–Trinajstić information content (AvgIpc) is 3.40. The first-order valence-corrected chi connectivity index (χ1v) is 13.8. The summed E-state index contributed by atoms with van der Waals surface area (Å²) in [6.45, 7) is 0.572. The van der Waals surface area contributed by atoms with Crippen LogP contribution in [0.5, 0.6) is 6.01 Å². The quantitative estimate of drug-likeness (QED) is 0.134. The number of hydrogen-bond donors (Lipinski definition) is 4. The number of anilines is 2. The maximum atomic E-state index is 15.0. The standard InChI is InChI=1S/C30H24F5N7O6/c1-14-6-7-15(36-26(46)21-11-41(2)29(38-21)48-27(47)30(33,34)35)10-18(14)23-17-8-9-22(45)42(24-19(31)4-3-5-20(24)32)25(17)40-28(39-23)37-16(12-43)13-44/h3-11,16,43-44H,12-13H2,1-2H3,(H,36,46)(H,37,39,40). The molecule has 0 bridgehead atoms. The molecule has 0 spiro atoms. The molecule has 4 N–H and O–H groups in total. The van der Waals surface area contributed by atoms with Gasteiger partial charge in [-0.1, -0.05) is 12.1 Å². The second-order valence-corrected chi connectivity index (χ2v) is 10.3. The van der Waals surface area contributed by atoms with Crippen LogP contribution in [0.2, 0.25) is 0 Å². The van der Waals surface area contributed by atoms with Gasteiger partial charge < -0.3 is 30.2 Å². The Hall–Kier alpha value is -5.75. The van der Waals surface area contributed by atoms with E-state index in [0.29, 0.717) is 15.7 Å². The number of ether oxygens (including phenoxy) is 1. The summed E-state index contributed by atoms with van der Waals surface area (Å²) in [5, 5.41) is 24.7. The van der Waals surface area contributed by atoms with Crippen LogP contribution >= 0.6 is 0 Å². The van der Waals surface area contributed by atoms with E-state index in [1.54, 1.807) is 13.0 Å². The third-order valence-corrected chi connectivity index (χ3v) is 6.92. The van der Waals surface area contributed by atoms with Crippen LogP contribution in [0.15, 0.2) is 59.5 Å². The number of amides is 1. The van der Waals surface area contributed by atoms with E-state index < -0.39 is 71.9 Å². The number of aliphatic hydroxyl groups excluding tert-OH is 2. The minimum absolute atomic E-state index is 0.107. The summed E-state index contributed by atoms with van der Waals surface area (Å²) in [6.07, 6.45) is -4.25. The molecule has 0 saturated heterocycles. The van der Waals surface area contributed by atoms with Crippen molar-refractivity contribution in [2.75, 3.05) is 23.8 Å². The molecular formula is C30H24F5N7O6. The van der Waals surface area contributed by atoms with Crippen molar-refractivity contribution < 1.29 is 46.5 Å². The number of aliphatic hydroxyl groups is 2. The number of nitrogens with zero attached hydrogens (tertiary/aromatic N) is 5. The predicted molar refractivity (Wildman–Crippen MR) is 160 cm³/mol. The van der Waals surface area contributed by atoms with Gasteiger partial charge in [0.15, 0.2) is 5.65 Å². The fourth-order valence-electron chi connectivity index (χ4n) is 4.58. The highest BCUT2D eigenvalue weighted by molar-refractivity contribution is 6.03. The van der Waals surface area contributed by atoms with Crippen molar-refractivity contribution >= 4 is 34.5 Å². The van der Waals surface area contributed by atoms with Crippen molar-refractivity contribution in [3.63, 3.8) is 0 Å². The molecule has 18 heteroatoms. The van der Waals surface area contributed by atoms with E-state index in [0.717, 1.165) is 35.0 Å². The Morgan fingerprint density at radius 2 is 1.69 bits per heavy atom. The lowest BCUT2D eigenvalue weighted by molar-refractivity contribution is -0.190. The van der Waals surface area contributed by atoms with Gasteiger partial charge in [-0.05, 0) is 42.8 Å². The molecule has 0 aliphatic carbocycles. The summed E-state index contributed by atoms with van der Waals surface area (Å²) < 4.78 is 73.7. The van der Waals surface area contributed by atoms with Crippen LogP contribution in [0.25, 0.3) is 28.0 Å². The summed E-state index contributed by atoms with van der Waals surface area (Å²) in [6, 6.07) is 8.22. The molecule has 0 fully saturated rings. The van der Waals surface area contributed by atoms with Crippen LogP contribution in [0.4, 0.5) is 33.6 Å². The average molecular weight is 674 g/mol. The maximum Gasteiger partial charge on any atom is 0.491 e. The highest BCUT2D eigenvalue weighted by atomic mass is 19.4. The number of benzene rings is 2. The Bertz CT molecular complexity index is 2090. The lowest BCUT2D eigenvalue weighted by Gasteiger charge is -2.18. The van der Waals surface area contributed by atoms with Crippen LogP contribution in [-0.2, 0) is 11.8 Å². The lowest BCUT2D eigenvalue weighted by atomic mass is 10.0. The highest BCUT2D eigenvalue weighted by Crippen LogP contribution is 2.33. The maximum absolute atomic E-state index is 15.0. The molecular weight excluding hydrogens is 649 g/mol. The Balaban J connectivity index is 1.61. The molecule has 0 saturated carbocycles. The van der Waals surface area contributed by atoms with Gasteiger partial charge in [0.1, 0.15) is 23.0 Å². The number of alkyl halides is 3. The van der Waals surface area contributed by atoms with E-state index in [-0.39, 0.29) is 28.4 Å². The van der Waals surface area contributed by atoms with Gasteiger partial charge in [-0.2, -0.15) is 23.1 Å². The lowest BCUT2D eigenvalue weighted by Crippen LogP contribution is -2.29. The number of carbonyl (C=O) groups excluding carboxylic acids is 2. The molecule has 0 aliphatic rings. The summed E-state index contributed by atoms with van der Waals surface area (Å²) >= 11 is 0. The summed E-state index contributed by atoms with van der Waals surface area (Å²) in [7, 11) is 1.21. The van der Waals surface area contributed by atoms with E-state index >= 15 is 0 Å². The van der Waals surface area contributed by atoms with Crippen molar-refractivity contribution in [1.29, 1.82) is 0 Å². The van der Waals surface area contributed by atoms with Gasteiger partial charge in [0.05, 0.1) is 24.9 Å². The fraction of sp³-hybridized carbons (Fsp3) is 0.200. The predicted octanol–water partition coefficient (Wildman–Crippen LogP) is 3.25. The van der Waals surface area contributed by atoms with Gasteiger partial charge in [0, 0.05) is 35.9 Å². The first-order valence-electron chi connectivity index (χ1n) is 13.8. The van der Waals surface area contributed by atoms with E-state index in [1.807, 2.05) is 0 Å². The van der Waals surface area contributed by atoms with Crippen molar-refractivity contribution in [3.05, 3.63) is 88.0 Å². The monoisotopic (exact) mass is 673 g/mol. The molecule has 3 heterocycles. The molecule has 5 aromatic rings. The number of halogens is 5. The van der Waals surface area contributed by atoms with Crippen LogP contribution in [0.1, 0.15) is 16.1 Å². The smallest absolute Gasteiger partial charge is 0.394 e. The van der Waals surface area contributed by atoms with Gasteiger partial charge in [0.2, 0.25) is 5.95 Å². The zero-order valence-electron chi connectivity index (χ0n) is 24.8. The number of fused-ring (bicyclic) bond motifs is 1. The molecule has 0 unspecified atom stereocenters. The summed E-state index contributed by atoms with van der Waals surface area (Å²) in [5.74, 6) is -5.76. The van der Waals surface area contributed by atoms with Gasteiger partial charge in [0.25, 0.3) is 11.5 Å². The van der Waals surface area contributed by atoms with Crippen molar-refractivity contribution in [3.8, 4) is 23.0 Å². The molecule has 2 aromatic carbocycles. The van der Waals surface area contributed by atoms with Gasteiger partial charge >= 0.3 is 18.2 Å². The SMILES string of the molecule is Cc1ccc(NC(=O)c2cn(C)c(OC(=O)C(F)(F)F)n2)cc1-c1nc(NC(CO)CO)nc2c1ccc(=O)n2-c1c(F)cccc1F. The normalized spacial score (nSPS) is 11.6. The van der Waals surface area contributed by atoms with Crippen LogP contribution in [0.3, 0.4) is 0 Å². The Labute approximate surface area is 266 Å². The second-order valence-electron chi connectivity index (χ2n) is 10.3. The van der Waals surface area contributed by atoms with E-state index in [4.69, 9.17) is 0 Å². The summed E-state index contributed by atoms with van der Waals surface area (Å²) in [4.78, 5) is 49.8. The third kappa shape index (κ3) is 6.69.